The summed E-state index contributed by atoms with van der Waals surface area (Å²) < 4.78 is 11.8. The van der Waals surface area contributed by atoms with Crippen molar-refractivity contribution in [3.8, 4) is 5.75 Å². The predicted octanol–water partition coefficient (Wildman–Crippen LogP) is 3.73. The summed E-state index contributed by atoms with van der Waals surface area (Å²) in [6, 6.07) is 11.9. The molecule has 7 rings (SSSR count). The summed E-state index contributed by atoms with van der Waals surface area (Å²) in [7, 11) is 1.57. The van der Waals surface area contributed by atoms with Gasteiger partial charge in [0.2, 0.25) is 11.8 Å². The normalized spacial score (nSPS) is 23.1. The van der Waals surface area contributed by atoms with E-state index in [9.17, 15) is 24.0 Å². The maximum absolute atomic E-state index is 14.7. The summed E-state index contributed by atoms with van der Waals surface area (Å²) in [5.41, 5.74) is 4.05. The largest absolute Gasteiger partial charge is 0.488 e. The van der Waals surface area contributed by atoms with Gasteiger partial charge in [-0.25, -0.2) is 0 Å². The molecule has 4 atom stereocenters. The fourth-order valence-corrected chi connectivity index (χ4v) is 8.49. The molecule has 0 bridgehead atoms. The van der Waals surface area contributed by atoms with Crippen molar-refractivity contribution in [3.05, 3.63) is 81.3 Å². The van der Waals surface area contributed by atoms with Crippen molar-refractivity contribution in [2.24, 2.45) is 11.8 Å². The van der Waals surface area contributed by atoms with Crippen LogP contribution in [-0.4, -0.2) is 102 Å². The van der Waals surface area contributed by atoms with Crippen LogP contribution in [0.15, 0.2) is 54.2 Å². The second kappa shape index (κ2) is 14.7. The van der Waals surface area contributed by atoms with Gasteiger partial charge in [-0.05, 0) is 43.0 Å². The van der Waals surface area contributed by atoms with Crippen molar-refractivity contribution < 1.29 is 33.4 Å². The Hall–Kier alpha value is -4.62. The minimum Gasteiger partial charge on any atom is -0.488 e. The number of nitrogens with one attached hydrogen (secondary N) is 1. The van der Waals surface area contributed by atoms with Crippen LogP contribution in [0.2, 0.25) is 0 Å². The lowest BCUT2D eigenvalue weighted by atomic mass is 9.77. The third-order valence-corrected chi connectivity index (χ3v) is 11.2. The van der Waals surface area contributed by atoms with E-state index < -0.39 is 29.7 Å². The summed E-state index contributed by atoms with van der Waals surface area (Å²) in [5.74, 6) is -1.64. The molecule has 50 heavy (non-hydrogen) atoms. The van der Waals surface area contributed by atoms with E-state index in [2.05, 4.69) is 10.3 Å². The lowest BCUT2D eigenvalue weighted by Gasteiger charge is -2.43. The molecule has 1 saturated carbocycles. The molecule has 1 N–H and O–H groups in total. The predicted molar refractivity (Wildman–Crippen MR) is 184 cm³/mol. The van der Waals surface area contributed by atoms with Crippen LogP contribution in [-0.2, 0) is 20.7 Å². The number of ether oxygens (including phenoxy) is 2. The Morgan fingerprint density at radius 2 is 1.72 bits per heavy atom. The van der Waals surface area contributed by atoms with Gasteiger partial charge in [-0.2, -0.15) is 0 Å². The first-order valence-electron chi connectivity index (χ1n) is 17.3. The van der Waals surface area contributed by atoms with Crippen molar-refractivity contribution in [2.45, 2.75) is 50.7 Å². The molecule has 0 spiro atoms. The Kier molecular flexibility index (Phi) is 9.95. The van der Waals surface area contributed by atoms with Gasteiger partial charge in [-0.15, -0.1) is 11.3 Å². The van der Waals surface area contributed by atoms with E-state index >= 15 is 0 Å². The molecule has 4 aliphatic rings. The Balaban J connectivity index is 1.19. The summed E-state index contributed by atoms with van der Waals surface area (Å²) >= 11 is 1.30. The topological polar surface area (TPSA) is 138 Å². The second-order valence-corrected chi connectivity index (χ2v) is 14.2. The number of carbonyl (C=O) groups is 5. The van der Waals surface area contributed by atoms with Gasteiger partial charge in [0.1, 0.15) is 16.7 Å². The summed E-state index contributed by atoms with van der Waals surface area (Å²) in [6.07, 6.45) is 5.33. The van der Waals surface area contributed by atoms with Crippen LogP contribution in [0.4, 0.5) is 0 Å². The van der Waals surface area contributed by atoms with E-state index in [1.54, 1.807) is 52.9 Å². The average molecular weight is 700 g/mol. The number of hydrogen-bond acceptors (Lipinski definition) is 9. The fourth-order valence-electron chi connectivity index (χ4n) is 7.90. The van der Waals surface area contributed by atoms with E-state index in [0.717, 1.165) is 24.0 Å². The highest BCUT2D eigenvalue weighted by Crippen LogP contribution is 2.42. The molecule has 4 heterocycles. The number of amides is 5. The Labute approximate surface area is 294 Å². The fraction of sp³-hybridized carbons (Fsp3) is 0.459. The number of aromatic nitrogens is 1. The molecule has 2 aromatic carbocycles. The van der Waals surface area contributed by atoms with Gasteiger partial charge >= 0.3 is 0 Å². The lowest BCUT2D eigenvalue weighted by molar-refractivity contribution is -0.146. The highest BCUT2D eigenvalue weighted by Gasteiger charge is 2.45. The van der Waals surface area contributed by atoms with Gasteiger partial charge in [0.05, 0.1) is 48.6 Å². The number of hydrogen-bond donors (Lipinski definition) is 1. The SMILES string of the molecule is COCCNC(=O)[C@@H]1CCCCC1C(=O)N1CCc2cccc(OC3CCN(C(=O)c4cncs4)C3)c2[C@H]1CN1C(=O)c2ccccc2C1=O. The lowest BCUT2D eigenvalue weighted by Crippen LogP contribution is -2.51. The number of fused-ring (bicyclic) bond motifs is 2. The first kappa shape index (κ1) is 33.9. The maximum atomic E-state index is 14.7. The molecule has 3 aliphatic heterocycles. The molecule has 2 unspecified atom stereocenters. The van der Waals surface area contributed by atoms with Gasteiger partial charge < -0.3 is 24.6 Å². The Bertz CT molecular complexity index is 1750. The van der Waals surface area contributed by atoms with Gasteiger partial charge in [-0.1, -0.05) is 37.1 Å². The molecule has 2 fully saturated rings. The monoisotopic (exact) mass is 699 g/mol. The van der Waals surface area contributed by atoms with Crippen LogP contribution in [0, 0.1) is 11.8 Å². The number of likely N-dealkylation sites (tertiary alicyclic amines) is 1. The summed E-state index contributed by atoms with van der Waals surface area (Å²) in [6.45, 7) is 2.00. The zero-order valence-corrected chi connectivity index (χ0v) is 28.9. The first-order chi connectivity index (χ1) is 24.4. The van der Waals surface area contributed by atoms with Crippen LogP contribution in [0.25, 0.3) is 0 Å². The van der Waals surface area contributed by atoms with Crippen LogP contribution in [0.1, 0.15) is 79.7 Å². The van der Waals surface area contributed by atoms with Gasteiger partial charge in [-0.3, -0.25) is 33.9 Å². The highest BCUT2D eigenvalue weighted by molar-refractivity contribution is 7.11. The van der Waals surface area contributed by atoms with Crippen molar-refractivity contribution in [1.29, 1.82) is 0 Å². The standard InChI is InChI=1S/C37H41N5O7S/c1-48-18-15-39-33(43)25-8-2-3-9-26(25)34(44)41-17-13-23-7-6-12-30(49-24-14-16-40(20-24)37(47)31-19-38-22-50-31)32(23)29(41)21-42-35(45)27-10-4-5-11-28(27)36(42)46/h4-7,10-12,19,22,24-26,29H,2-3,8-9,13-18,20-21H2,1H3,(H,39,43)/t24?,25-,26?,29-/m1/s1. The van der Waals surface area contributed by atoms with Crippen LogP contribution < -0.4 is 10.1 Å². The van der Waals surface area contributed by atoms with E-state index in [1.807, 2.05) is 18.2 Å². The van der Waals surface area contributed by atoms with E-state index in [4.69, 9.17) is 9.47 Å². The molecule has 262 valence electrons. The molecule has 0 radical (unpaired) electrons. The molecular formula is C37H41N5O7S. The molecule has 5 amide bonds. The minimum absolute atomic E-state index is 0.0520. The van der Waals surface area contributed by atoms with Crippen molar-refractivity contribution in [1.82, 2.24) is 25.0 Å². The average Bonchev–Trinajstić information content (AvgIpc) is 3.90. The molecule has 3 aromatic rings. The molecule has 1 aliphatic carbocycles. The summed E-state index contributed by atoms with van der Waals surface area (Å²) in [4.78, 5) is 77.8. The molecule has 1 aromatic heterocycles. The smallest absolute Gasteiger partial charge is 0.265 e. The molecule has 13 heteroatoms. The van der Waals surface area contributed by atoms with E-state index in [-0.39, 0.29) is 30.4 Å². The Morgan fingerprint density at radius 1 is 0.960 bits per heavy atom. The quantitative estimate of drug-likeness (QED) is 0.250. The first-order valence-corrected chi connectivity index (χ1v) is 18.2. The van der Waals surface area contributed by atoms with Gasteiger partial charge in [0.15, 0.2) is 0 Å². The highest BCUT2D eigenvalue weighted by atomic mass is 32.1. The van der Waals surface area contributed by atoms with Crippen LogP contribution in [0.3, 0.4) is 0 Å². The van der Waals surface area contributed by atoms with Crippen molar-refractivity contribution >= 4 is 40.9 Å². The molecule has 12 nitrogen and oxygen atoms in total. The number of carbonyl (C=O) groups excluding carboxylic acids is 5. The van der Waals surface area contributed by atoms with Crippen LogP contribution in [0.5, 0.6) is 5.75 Å². The third kappa shape index (κ3) is 6.51. The molecular weight excluding hydrogens is 659 g/mol. The van der Waals surface area contributed by atoms with Crippen molar-refractivity contribution in [2.75, 3.05) is 46.4 Å². The van der Waals surface area contributed by atoms with Crippen molar-refractivity contribution in [3.63, 3.8) is 0 Å². The van der Waals surface area contributed by atoms with Gasteiger partial charge in [0, 0.05) is 50.6 Å². The van der Waals surface area contributed by atoms with E-state index in [0.29, 0.717) is 80.2 Å². The number of thiazole rings is 1. The maximum Gasteiger partial charge on any atom is 0.265 e. The number of rotatable bonds is 10. The Morgan fingerprint density at radius 3 is 2.44 bits per heavy atom. The number of benzene rings is 2. The zero-order chi connectivity index (χ0) is 34.8. The number of nitrogens with zero attached hydrogens (tertiary/aromatic N) is 4. The summed E-state index contributed by atoms with van der Waals surface area (Å²) in [5, 5.41) is 2.94. The van der Waals surface area contributed by atoms with Crippen LogP contribution >= 0.6 is 11.3 Å². The number of methoxy groups -OCH3 is 1. The zero-order valence-electron chi connectivity index (χ0n) is 28.0. The minimum atomic E-state index is -0.694. The number of imide groups is 1. The second-order valence-electron chi connectivity index (χ2n) is 13.3. The van der Waals surface area contributed by atoms with E-state index in [1.165, 1.54) is 16.2 Å². The van der Waals surface area contributed by atoms with Gasteiger partial charge in [0.25, 0.3) is 17.7 Å². The third-order valence-electron chi connectivity index (χ3n) is 10.4. The molecule has 1 saturated heterocycles.